The average Bonchev–Trinajstić information content (AvgIpc) is 3.18. The van der Waals surface area contributed by atoms with Crippen LogP contribution in [0.1, 0.15) is 10.4 Å². The van der Waals surface area contributed by atoms with Gasteiger partial charge >= 0.3 is 0 Å². The van der Waals surface area contributed by atoms with Crippen LogP contribution in [0.25, 0.3) is 10.2 Å². The second-order valence-corrected chi connectivity index (χ2v) is 12.2. The number of likely N-dealkylation sites (N-methyl/N-ethyl adjacent to an activating group) is 1. The quantitative estimate of drug-likeness (QED) is 0.438. The number of anilines is 2. The molecule has 1 N–H and O–H groups in total. The summed E-state index contributed by atoms with van der Waals surface area (Å²) in [7, 11) is -1.20. The van der Waals surface area contributed by atoms with E-state index in [1.807, 2.05) is 11.9 Å². The number of carbonyl (C=O) groups excluding carboxylic acids is 1. The zero-order valence-electron chi connectivity index (χ0n) is 19.3. The van der Waals surface area contributed by atoms with Gasteiger partial charge in [0.2, 0.25) is 5.91 Å². The highest BCUT2D eigenvalue weighted by Gasteiger charge is 2.25. The summed E-state index contributed by atoms with van der Waals surface area (Å²) in [6.07, 6.45) is 6.65. The Kier molecular flexibility index (Phi) is 7.70. The van der Waals surface area contributed by atoms with Crippen molar-refractivity contribution >= 4 is 60.4 Å². The van der Waals surface area contributed by atoms with Crippen LogP contribution in [0.4, 0.5) is 15.9 Å². The summed E-state index contributed by atoms with van der Waals surface area (Å²) in [5.41, 5.74) is 1.73. The first kappa shape index (κ1) is 25.5. The number of rotatable bonds is 8. The largest absolute Gasteiger partial charge is 0.340 e. The summed E-state index contributed by atoms with van der Waals surface area (Å²) in [6, 6.07) is 4.40. The third-order valence-corrected chi connectivity index (χ3v) is 7.99. The minimum absolute atomic E-state index is 0.0245. The van der Waals surface area contributed by atoms with Crippen LogP contribution in [0.2, 0.25) is 5.02 Å². The first-order chi connectivity index (χ1) is 16.6. The van der Waals surface area contributed by atoms with E-state index in [9.17, 15) is 17.6 Å². The number of hydrogen-bond donors (Lipinski definition) is 1. The predicted octanol–water partition coefficient (Wildman–Crippen LogP) is 3.64. The SMILES string of the molecule is CN(C/C=C/C(=O)N1CCc2c(sc3ncnc(Nc4ccc(F)c(Cl)c4)c23)C1)CCS(C)(=O)=O. The molecular weight excluding hydrogens is 513 g/mol. The number of sulfone groups is 1. The van der Waals surface area contributed by atoms with Crippen molar-refractivity contribution in [1.82, 2.24) is 19.8 Å². The molecule has 186 valence electrons. The molecule has 8 nitrogen and oxygen atoms in total. The summed E-state index contributed by atoms with van der Waals surface area (Å²) in [5, 5.41) is 4.14. The number of amides is 1. The molecule has 0 aliphatic carbocycles. The van der Waals surface area contributed by atoms with Crippen LogP contribution in [0.15, 0.2) is 36.7 Å². The highest BCUT2D eigenvalue weighted by molar-refractivity contribution is 7.90. The van der Waals surface area contributed by atoms with E-state index in [-0.39, 0.29) is 16.7 Å². The Balaban J connectivity index is 1.45. The fraction of sp³-hybridized carbons (Fsp3) is 0.348. The highest BCUT2D eigenvalue weighted by Crippen LogP contribution is 2.38. The van der Waals surface area contributed by atoms with Gasteiger partial charge < -0.3 is 15.1 Å². The Hall–Kier alpha value is -2.60. The maximum absolute atomic E-state index is 13.5. The summed E-state index contributed by atoms with van der Waals surface area (Å²) in [4.78, 5) is 27.0. The number of halogens is 2. The third kappa shape index (κ3) is 6.35. The van der Waals surface area contributed by atoms with Gasteiger partial charge in [-0.3, -0.25) is 4.79 Å². The Morgan fingerprint density at radius 1 is 1.37 bits per heavy atom. The Morgan fingerprint density at radius 3 is 2.91 bits per heavy atom. The van der Waals surface area contributed by atoms with Crippen molar-refractivity contribution in [3.63, 3.8) is 0 Å². The van der Waals surface area contributed by atoms with Gasteiger partial charge in [0.15, 0.2) is 0 Å². The molecular formula is C23H25ClFN5O3S2. The van der Waals surface area contributed by atoms with Crippen LogP contribution in [-0.2, 0) is 27.6 Å². The van der Waals surface area contributed by atoms with Gasteiger partial charge in [-0.2, -0.15) is 0 Å². The number of carbonyl (C=O) groups is 1. The van der Waals surface area contributed by atoms with Crippen molar-refractivity contribution < 1.29 is 17.6 Å². The molecule has 1 aliphatic rings. The van der Waals surface area contributed by atoms with Gasteiger partial charge in [0.1, 0.15) is 32.6 Å². The molecule has 0 unspecified atom stereocenters. The number of hydrogen-bond acceptors (Lipinski definition) is 8. The maximum Gasteiger partial charge on any atom is 0.246 e. The molecule has 0 bridgehead atoms. The molecule has 2 aromatic heterocycles. The van der Waals surface area contributed by atoms with E-state index in [1.165, 1.54) is 36.1 Å². The molecule has 0 radical (unpaired) electrons. The summed E-state index contributed by atoms with van der Waals surface area (Å²) in [6.45, 7) is 1.93. The normalized spacial score (nSPS) is 14.1. The Bertz CT molecular complexity index is 1390. The molecule has 35 heavy (non-hydrogen) atoms. The molecule has 4 rings (SSSR count). The molecule has 0 saturated carbocycles. The van der Waals surface area contributed by atoms with Crippen LogP contribution < -0.4 is 5.32 Å². The van der Waals surface area contributed by atoms with Gasteiger partial charge in [0.25, 0.3) is 0 Å². The molecule has 1 aliphatic heterocycles. The van der Waals surface area contributed by atoms with Gasteiger partial charge in [-0.1, -0.05) is 17.7 Å². The number of fused-ring (bicyclic) bond motifs is 3. The number of thiophene rings is 1. The minimum atomic E-state index is -3.02. The molecule has 1 amide bonds. The molecule has 0 atom stereocenters. The van der Waals surface area contributed by atoms with E-state index in [4.69, 9.17) is 11.6 Å². The van der Waals surface area contributed by atoms with E-state index in [0.29, 0.717) is 44.1 Å². The van der Waals surface area contributed by atoms with Crippen molar-refractivity contribution in [2.45, 2.75) is 13.0 Å². The van der Waals surface area contributed by atoms with Gasteiger partial charge in [-0.15, -0.1) is 11.3 Å². The first-order valence-electron chi connectivity index (χ1n) is 10.9. The molecule has 0 fully saturated rings. The van der Waals surface area contributed by atoms with Crippen LogP contribution in [0.5, 0.6) is 0 Å². The van der Waals surface area contributed by atoms with E-state index in [1.54, 1.807) is 23.1 Å². The van der Waals surface area contributed by atoms with Crippen LogP contribution in [0.3, 0.4) is 0 Å². The molecule has 12 heteroatoms. The van der Waals surface area contributed by atoms with Crippen molar-refractivity contribution in [2.75, 3.05) is 44.0 Å². The maximum atomic E-state index is 13.5. The first-order valence-corrected chi connectivity index (χ1v) is 14.2. The van der Waals surface area contributed by atoms with E-state index in [2.05, 4.69) is 15.3 Å². The lowest BCUT2D eigenvalue weighted by Crippen LogP contribution is -2.34. The monoisotopic (exact) mass is 537 g/mol. The van der Waals surface area contributed by atoms with E-state index < -0.39 is 15.7 Å². The Morgan fingerprint density at radius 2 is 2.17 bits per heavy atom. The van der Waals surface area contributed by atoms with Crippen molar-refractivity contribution in [1.29, 1.82) is 0 Å². The summed E-state index contributed by atoms with van der Waals surface area (Å²) >= 11 is 7.44. The number of nitrogens with one attached hydrogen (secondary N) is 1. The number of benzene rings is 1. The van der Waals surface area contributed by atoms with Crippen LogP contribution in [-0.4, -0.2) is 72.8 Å². The lowest BCUT2D eigenvalue weighted by molar-refractivity contribution is -0.126. The van der Waals surface area contributed by atoms with Crippen molar-refractivity contribution in [2.24, 2.45) is 0 Å². The van der Waals surface area contributed by atoms with Crippen LogP contribution >= 0.6 is 22.9 Å². The summed E-state index contributed by atoms with van der Waals surface area (Å²) < 4.78 is 36.1. The van der Waals surface area contributed by atoms with E-state index in [0.717, 1.165) is 20.7 Å². The minimum Gasteiger partial charge on any atom is -0.340 e. The lowest BCUT2D eigenvalue weighted by atomic mass is 10.0. The van der Waals surface area contributed by atoms with E-state index >= 15 is 0 Å². The van der Waals surface area contributed by atoms with Gasteiger partial charge in [0, 0.05) is 42.5 Å². The fourth-order valence-corrected chi connectivity index (χ4v) is 5.80. The zero-order valence-corrected chi connectivity index (χ0v) is 21.7. The van der Waals surface area contributed by atoms with Crippen molar-refractivity contribution in [3.8, 4) is 0 Å². The third-order valence-electron chi connectivity index (χ3n) is 5.65. The second kappa shape index (κ2) is 10.6. The molecule has 3 heterocycles. The zero-order chi connectivity index (χ0) is 25.2. The molecule has 3 aromatic rings. The predicted molar refractivity (Wildman–Crippen MR) is 138 cm³/mol. The van der Waals surface area contributed by atoms with Gasteiger partial charge in [-0.05, 0) is 37.2 Å². The number of nitrogens with zero attached hydrogens (tertiary/aromatic N) is 4. The average molecular weight is 538 g/mol. The second-order valence-electron chi connectivity index (χ2n) is 8.46. The smallest absolute Gasteiger partial charge is 0.246 e. The summed E-state index contributed by atoms with van der Waals surface area (Å²) in [5.74, 6) is 0.124. The highest BCUT2D eigenvalue weighted by atomic mass is 35.5. The van der Waals surface area contributed by atoms with Gasteiger partial charge in [0.05, 0.1) is 22.7 Å². The topological polar surface area (TPSA) is 95.5 Å². The fourth-order valence-electron chi connectivity index (χ4n) is 3.77. The lowest BCUT2D eigenvalue weighted by Gasteiger charge is -2.26. The standard InChI is InChI=1S/C23H25ClFN5O3S2/c1-29(10-11-35(2,32)33)8-3-4-20(31)30-9-7-16-19(13-30)34-23-21(16)22(26-14-27-23)28-15-5-6-18(25)17(24)12-15/h3-6,12,14H,7-11,13H2,1-2H3,(H,26,27,28)/b4-3+. The molecule has 1 aromatic carbocycles. The molecule has 0 saturated heterocycles. The number of aromatic nitrogens is 2. The van der Waals surface area contributed by atoms with Crippen LogP contribution in [0, 0.1) is 5.82 Å². The Labute approximate surface area is 212 Å². The van der Waals surface area contributed by atoms with Gasteiger partial charge in [-0.25, -0.2) is 22.8 Å². The molecule has 0 spiro atoms. The van der Waals surface area contributed by atoms with Crippen molar-refractivity contribution in [3.05, 3.63) is 58.0 Å².